The van der Waals surface area contributed by atoms with Crippen molar-refractivity contribution in [3.8, 4) is 12.5 Å². The summed E-state index contributed by atoms with van der Waals surface area (Å²) in [5.74, 6) is 0.0833. The van der Waals surface area contributed by atoms with Crippen molar-refractivity contribution in [1.29, 1.82) is 10.5 Å². The van der Waals surface area contributed by atoms with Crippen LogP contribution in [0.3, 0.4) is 0 Å². The average Bonchev–Trinajstić information content (AvgIpc) is 2.22. The van der Waals surface area contributed by atoms with Crippen LogP contribution in [0.25, 0.3) is 0 Å². The van der Waals surface area contributed by atoms with Crippen molar-refractivity contribution in [3.63, 3.8) is 0 Å². The highest BCUT2D eigenvalue weighted by molar-refractivity contribution is 4.65. The van der Waals surface area contributed by atoms with Crippen LogP contribution < -0.4 is 0 Å². The van der Waals surface area contributed by atoms with Crippen molar-refractivity contribution >= 4 is 0 Å². The molecule has 0 aromatic carbocycles. The summed E-state index contributed by atoms with van der Waals surface area (Å²) in [4.78, 5) is 0. The number of nitriles is 2. The Bertz CT molecular complexity index is 182. The molecule has 0 radical (unpaired) electrons. The zero-order chi connectivity index (χ0) is 13.4. The van der Waals surface area contributed by atoms with Gasteiger partial charge in [0.25, 0.3) is 12.5 Å². The summed E-state index contributed by atoms with van der Waals surface area (Å²) in [6.07, 6.45) is 3.84. The van der Waals surface area contributed by atoms with Crippen LogP contribution in [-0.2, 0) is 0 Å². The van der Waals surface area contributed by atoms with E-state index < -0.39 is 0 Å². The average molecular weight is 232 g/mol. The van der Waals surface area contributed by atoms with Gasteiger partial charge < -0.3 is 20.4 Å². The van der Waals surface area contributed by atoms with E-state index in [1.165, 1.54) is 0 Å². The molecular formula is C10H20N2O4. The van der Waals surface area contributed by atoms with Gasteiger partial charge in [0.2, 0.25) is 0 Å². The maximum Gasteiger partial charge on any atom is 0.283 e. The fourth-order valence-corrected chi connectivity index (χ4v) is 1.05. The van der Waals surface area contributed by atoms with Crippen LogP contribution in [0.4, 0.5) is 0 Å². The summed E-state index contributed by atoms with van der Waals surface area (Å²) >= 11 is 0. The Morgan fingerprint density at radius 3 is 1.69 bits per heavy atom. The molecule has 16 heavy (non-hydrogen) atoms. The molecule has 0 saturated carbocycles. The maximum absolute atomic E-state index is 9.35. The van der Waals surface area contributed by atoms with E-state index in [9.17, 15) is 5.11 Å². The first-order valence-corrected chi connectivity index (χ1v) is 4.94. The molecule has 6 heteroatoms. The van der Waals surface area contributed by atoms with Crippen molar-refractivity contribution in [2.24, 2.45) is 5.92 Å². The van der Waals surface area contributed by atoms with Crippen LogP contribution in [0.5, 0.6) is 0 Å². The number of aliphatic hydroxyl groups is 4. The summed E-state index contributed by atoms with van der Waals surface area (Å²) in [6.45, 7) is 4.13. The molecule has 0 rings (SSSR count). The molecule has 0 saturated heterocycles. The van der Waals surface area contributed by atoms with E-state index >= 15 is 0 Å². The summed E-state index contributed by atoms with van der Waals surface area (Å²) < 4.78 is 0. The predicted molar refractivity (Wildman–Crippen MR) is 56.9 cm³/mol. The Labute approximate surface area is 96.0 Å². The standard InChI is InChI=1S/C8H18O2.2CHNO/c1-3-5-8(10)7(4-2)6-9;2*2-1-3/h7-10H,3-6H2,1-2H3;2*3H. The van der Waals surface area contributed by atoms with Crippen molar-refractivity contribution in [2.75, 3.05) is 6.61 Å². The van der Waals surface area contributed by atoms with Gasteiger partial charge in [-0.2, -0.15) is 10.5 Å². The third kappa shape index (κ3) is 18.3. The number of rotatable bonds is 5. The van der Waals surface area contributed by atoms with Crippen LogP contribution in [0, 0.1) is 29.0 Å². The van der Waals surface area contributed by atoms with Crippen LogP contribution in [0.2, 0.25) is 0 Å². The molecule has 0 heterocycles. The molecule has 0 amide bonds. The Balaban J connectivity index is -0.000000235. The Hall–Kier alpha value is -1.50. The highest BCUT2D eigenvalue weighted by Crippen LogP contribution is 2.11. The molecule has 0 aromatic rings. The number of aliphatic hydroxyl groups excluding tert-OH is 4. The molecule has 0 aliphatic rings. The Morgan fingerprint density at radius 1 is 1.12 bits per heavy atom. The SMILES string of the molecule is CCCC(O)C(CC)CO.N#CO.N#CO. The molecule has 0 aliphatic heterocycles. The van der Waals surface area contributed by atoms with E-state index in [2.05, 4.69) is 0 Å². The minimum absolute atomic E-state index is 0.0833. The van der Waals surface area contributed by atoms with E-state index in [0.717, 1.165) is 31.8 Å². The second-order valence-corrected chi connectivity index (χ2v) is 2.91. The molecule has 0 fully saturated rings. The second-order valence-electron chi connectivity index (χ2n) is 2.91. The van der Waals surface area contributed by atoms with E-state index in [4.69, 9.17) is 25.8 Å². The summed E-state index contributed by atoms with van der Waals surface area (Å²) in [5, 5.41) is 45.6. The zero-order valence-corrected chi connectivity index (χ0v) is 9.67. The molecular weight excluding hydrogens is 212 g/mol. The smallest absolute Gasteiger partial charge is 0.283 e. The van der Waals surface area contributed by atoms with Crippen LogP contribution >= 0.6 is 0 Å². The minimum Gasteiger partial charge on any atom is -0.443 e. The number of nitrogens with zero attached hydrogens (tertiary/aromatic N) is 2. The van der Waals surface area contributed by atoms with Gasteiger partial charge in [-0.15, -0.1) is 0 Å². The van der Waals surface area contributed by atoms with Gasteiger partial charge in [0.1, 0.15) is 0 Å². The third-order valence-corrected chi connectivity index (χ3v) is 1.89. The second kappa shape index (κ2) is 19.1. The Kier molecular flexibility index (Phi) is 23.9. The summed E-state index contributed by atoms with van der Waals surface area (Å²) in [7, 11) is 0. The number of hydrogen-bond acceptors (Lipinski definition) is 6. The molecule has 0 aromatic heterocycles. The lowest BCUT2D eigenvalue weighted by Gasteiger charge is -2.17. The summed E-state index contributed by atoms with van der Waals surface area (Å²) in [5.41, 5.74) is 0. The Morgan fingerprint density at radius 2 is 1.50 bits per heavy atom. The summed E-state index contributed by atoms with van der Waals surface area (Å²) in [6, 6.07) is 0. The van der Waals surface area contributed by atoms with Crippen molar-refractivity contribution in [2.45, 2.75) is 39.2 Å². The lowest BCUT2D eigenvalue weighted by atomic mass is 9.97. The quantitative estimate of drug-likeness (QED) is 0.520. The van der Waals surface area contributed by atoms with E-state index in [1.807, 2.05) is 13.8 Å². The molecule has 0 spiro atoms. The van der Waals surface area contributed by atoms with Crippen LogP contribution in [0.15, 0.2) is 0 Å². The maximum atomic E-state index is 9.35. The number of hydrogen-bond donors (Lipinski definition) is 4. The lowest BCUT2D eigenvalue weighted by Crippen LogP contribution is -2.22. The van der Waals surface area contributed by atoms with Crippen molar-refractivity contribution in [3.05, 3.63) is 0 Å². The van der Waals surface area contributed by atoms with Gasteiger partial charge in [0.15, 0.2) is 0 Å². The third-order valence-electron chi connectivity index (χ3n) is 1.89. The molecule has 2 unspecified atom stereocenters. The van der Waals surface area contributed by atoms with E-state index in [-0.39, 0.29) is 18.6 Å². The van der Waals surface area contributed by atoms with Gasteiger partial charge in [-0.3, -0.25) is 0 Å². The molecule has 6 nitrogen and oxygen atoms in total. The first-order valence-electron chi connectivity index (χ1n) is 4.94. The lowest BCUT2D eigenvalue weighted by molar-refractivity contribution is 0.0584. The molecule has 0 aliphatic carbocycles. The first-order chi connectivity index (χ1) is 7.59. The highest BCUT2D eigenvalue weighted by Gasteiger charge is 2.14. The van der Waals surface area contributed by atoms with Crippen molar-refractivity contribution < 1.29 is 20.4 Å². The van der Waals surface area contributed by atoms with Gasteiger partial charge >= 0.3 is 0 Å². The fourth-order valence-electron chi connectivity index (χ4n) is 1.05. The first kappa shape index (κ1) is 20.0. The fraction of sp³-hybridized carbons (Fsp3) is 0.800. The van der Waals surface area contributed by atoms with Gasteiger partial charge in [-0.1, -0.05) is 20.3 Å². The highest BCUT2D eigenvalue weighted by atomic mass is 16.3. The molecule has 0 bridgehead atoms. The van der Waals surface area contributed by atoms with E-state index in [0.29, 0.717) is 0 Å². The van der Waals surface area contributed by atoms with Crippen molar-refractivity contribution in [1.82, 2.24) is 0 Å². The largest absolute Gasteiger partial charge is 0.443 e. The predicted octanol–water partition coefficient (Wildman–Crippen LogP) is 0.846. The van der Waals surface area contributed by atoms with Crippen LogP contribution in [0.1, 0.15) is 33.1 Å². The van der Waals surface area contributed by atoms with Gasteiger partial charge in [0.05, 0.1) is 6.10 Å². The molecule has 94 valence electrons. The molecule has 4 N–H and O–H groups in total. The molecule has 2 atom stereocenters. The normalized spacial score (nSPS) is 11.4. The van der Waals surface area contributed by atoms with Gasteiger partial charge in [-0.25, -0.2) is 0 Å². The van der Waals surface area contributed by atoms with Gasteiger partial charge in [-0.05, 0) is 12.8 Å². The van der Waals surface area contributed by atoms with E-state index in [1.54, 1.807) is 0 Å². The van der Waals surface area contributed by atoms with Gasteiger partial charge in [0, 0.05) is 12.5 Å². The topological polar surface area (TPSA) is 128 Å². The van der Waals surface area contributed by atoms with Crippen LogP contribution in [-0.4, -0.2) is 33.1 Å². The monoisotopic (exact) mass is 232 g/mol. The minimum atomic E-state index is -0.306. The zero-order valence-electron chi connectivity index (χ0n) is 9.67.